The van der Waals surface area contributed by atoms with E-state index in [0.29, 0.717) is 0 Å². The maximum Gasteiger partial charge on any atom is 0.181 e. The SMILES string of the molecule is CC/C=C/[N+](/C=C/CC)(/C=C/CC)CS(=O)(=O)[O-]. The van der Waals surface area contributed by atoms with Crippen molar-refractivity contribution in [3.05, 3.63) is 36.8 Å². The van der Waals surface area contributed by atoms with E-state index in [-0.39, 0.29) is 4.48 Å². The van der Waals surface area contributed by atoms with Crippen LogP contribution in [0.1, 0.15) is 40.0 Å². The third-order valence-corrected chi connectivity index (χ3v) is 3.00. The predicted octanol–water partition coefficient (Wildman–Crippen LogP) is 3.08. The maximum atomic E-state index is 11.1. The van der Waals surface area contributed by atoms with Gasteiger partial charge in [-0.25, -0.2) is 12.9 Å². The Morgan fingerprint density at radius 1 is 0.889 bits per heavy atom. The molecule has 4 nitrogen and oxygen atoms in total. The van der Waals surface area contributed by atoms with Crippen molar-refractivity contribution in [1.82, 2.24) is 0 Å². The van der Waals surface area contributed by atoms with Gasteiger partial charge in [-0.05, 0) is 37.5 Å². The van der Waals surface area contributed by atoms with Crippen molar-refractivity contribution in [1.29, 1.82) is 0 Å². The van der Waals surface area contributed by atoms with Gasteiger partial charge in [-0.15, -0.1) is 0 Å². The van der Waals surface area contributed by atoms with Crippen LogP contribution in [0, 0.1) is 0 Å². The van der Waals surface area contributed by atoms with Crippen molar-refractivity contribution in [3.63, 3.8) is 0 Å². The minimum atomic E-state index is -4.30. The van der Waals surface area contributed by atoms with Gasteiger partial charge in [-0.2, -0.15) is 0 Å². The Morgan fingerprint density at radius 3 is 1.44 bits per heavy atom. The molecular formula is C13H23NO3S. The summed E-state index contributed by atoms with van der Waals surface area (Å²) < 4.78 is 33.1. The van der Waals surface area contributed by atoms with Gasteiger partial charge in [0.2, 0.25) is 0 Å². The maximum absolute atomic E-state index is 11.1. The number of hydrogen-bond donors (Lipinski definition) is 0. The number of nitrogens with zero attached hydrogens (tertiary/aromatic N) is 1. The third-order valence-electron chi connectivity index (χ3n) is 2.24. The molecule has 0 aliphatic carbocycles. The van der Waals surface area contributed by atoms with Crippen molar-refractivity contribution < 1.29 is 17.5 Å². The number of hydrogen-bond acceptors (Lipinski definition) is 3. The second kappa shape index (κ2) is 8.24. The van der Waals surface area contributed by atoms with Crippen LogP contribution < -0.4 is 0 Å². The second-order valence-corrected chi connectivity index (χ2v) is 5.43. The summed E-state index contributed by atoms with van der Waals surface area (Å²) in [7, 11) is -4.30. The lowest BCUT2D eigenvalue weighted by Crippen LogP contribution is -2.36. The van der Waals surface area contributed by atoms with Crippen LogP contribution in [0.3, 0.4) is 0 Å². The van der Waals surface area contributed by atoms with Gasteiger partial charge >= 0.3 is 0 Å². The quantitative estimate of drug-likeness (QED) is 0.504. The second-order valence-electron chi connectivity index (χ2n) is 4.06. The lowest BCUT2D eigenvalue weighted by atomic mass is 10.3. The van der Waals surface area contributed by atoms with E-state index in [4.69, 9.17) is 0 Å². The zero-order valence-corrected chi connectivity index (χ0v) is 12.2. The fourth-order valence-electron chi connectivity index (χ4n) is 1.46. The van der Waals surface area contributed by atoms with E-state index >= 15 is 0 Å². The summed E-state index contributed by atoms with van der Waals surface area (Å²) in [5, 5.41) is 0. The first-order chi connectivity index (χ1) is 8.39. The molecule has 0 aromatic carbocycles. The number of rotatable bonds is 8. The average molecular weight is 273 g/mol. The van der Waals surface area contributed by atoms with Gasteiger partial charge in [0.25, 0.3) is 0 Å². The van der Waals surface area contributed by atoms with Crippen LogP contribution in [0.5, 0.6) is 0 Å². The highest BCUT2D eigenvalue weighted by Gasteiger charge is 2.22. The van der Waals surface area contributed by atoms with Gasteiger partial charge in [0.1, 0.15) is 28.7 Å². The van der Waals surface area contributed by atoms with Crippen LogP contribution >= 0.6 is 0 Å². The molecule has 0 aliphatic rings. The van der Waals surface area contributed by atoms with Crippen LogP contribution in [0.25, 0.3) is 0 Å². The monoisotopic (exact) mass is 273 g/mol. The molecule has 0 aromatic heterocycles. The van der Waals surface area contributed by atoms with Crippen molar-refractivity contribution in [3.8, 4) is 0 Å². The van der Waals surface area contributed by atoms with E-state index in [1.807, 2.05) is 39.0 Å². The first kappa shape index (κ1) is 17.1. The number of quaternary nitrogens is 1. The third kappa shape index (κ3) is 7.42. The molecule has 0 amide bonds. The molecule has 18 heavy (non-hydrogen) atoms. The van der Waals surface area contributed by atoms with Crippen molar-refractivity contribution >= 4 is 10.1 Å². The topological polar surface area (TPSA) is 57.2 Å². The molecule has 0 bridgehead atoms. The molecule has 0 heterocycles. The fraction of sp³-hybridized carbons (Fsp3) is 0.538. The largest absolute Gasteiger partial charge is 0.744 e. The van der Waals surface area contributed by atoms with Gasteiger partial charge in [0, 0.05) is 0 Å². The van der Waals surface area contributed by atoms with Gasteiger partial charge in [-0.1, -0.05) is 20.8 Å². The summed E-state index contributed by atoms with van der Waals surface area (Å²) in [5.41, 5.74) is 0. The summed E-state index contributed by atoms with van der Waals surface area (Å²) in [4.78, 5) is 0. The van der Waals surface area contributed by atoms with E-state index in [2.05, 4.69) is 0 Å². The highest BCUT2D eigenvalue weighted by atomic mass is 32.2. The van der Waals surface area contributed by atoms with E-state index in [0.717, 1.165) is 19.3 Å². The highest BCUT2D eigenvalue weighted by Crippen LogP contribution is 2.15. The van der Waals surface area contributed by atoms with Crippen LogP contribution in [-0.4, -0.2) is 23.3 Å². The molecule has 0 aromatic rings. The van der Waals surface area contributed by atoms with E-state index < -0.39 is 16.0 Å². The van der Waals surface area contributed by atoms with Crippen molar-refractivity contribution in [2.24, 2.45) is 0 Å². The normalized spacial score (nSPS) is 14.2. The Morgan fingerprint density at radius 2 is 1.22 bits per heavy atom. The molecule has 0 saturated carbocycles. The first-order valence-corrected chi connectivity index (χ1v) is 7.80. The Labute approximate surface area is 111 Å². The molecule has 0 fully saturated rings. The van der Waals surface area contributed by atoms with Crippen molar-refractivity contribution in [2.45, 2.75) is 40.0 Å². The van der Waals surface area contributed by atoms with Crippen LogP contribution in [0.2, 0.25) is 0 Å². The van der Waals surface area contributed by atoms with Crippen LogP contribution in [0.15, 0.2) is 36.8 Å². The van der Waals surface area contributed by atoms with Gasteiger partial charge < -0.3 is 4.55 Å². The molecule has 104 valence electrons. The summed E-state index contributed by atoms with van der Waals surface area (Å²) in [5.74, 6) is -0.490. The molecule has 0 radical (unpaired) electrons. The molecule has 0 aliphatic heterocycles. The Kier molecular flexibility index (Phi) is 7.82. The molecule has 0 N–H and O–H groups in total. The smallest absolute Gasteiger partial charge is 0.181 e. The van der Waals surface area contributed by atoms with Gasteiger partial charge in [0.05, 0.1) is 0 Å². The van der Waals surface area contributed by atoms with E-state index in [1.165, 1.54) is 0 Å². The van der Waals surface area contributed by atoms with Gasteiger partial charge in [0.15, 0.2) is 5.88 Å². The van der Waals surface area contributed by atoms with Crippen LogP contribution in [0.4, 0.5) is 0 Å². The van der Waals surface area contributed by atoms with Gasteiger partial charge in [-0.3, -0.25) is 0 Å². The minimum Gasteiger partial charge on any atom is -0.744 e. The standard InChI is InChI=1S/C13H23NO3S/c1-4-7-10-14(11-8-5-2,12-9-6-3)13-18(15,16)17/h7-12H,4-6,13H2,1-3H3/b10-7+,11-8+,12-9+. The Balaban J connectivity index is 5.45. The first-order valence-electron chi connectivity index (χ1n) is 6.23. The van der Waals surface area contributed by atoms with Crippen molar-refractivity contribution in [2.75, 3.05) is 5.88 Å². The molecule has 0 saturated heterocycles. The molecule has 0 spiro atoms. The average Bonchev–Trinajstić information content (AvgIpc) is 2.29. The van der Waals surface area contributed by atoms with Crippen LogP contribution in [-0.2, 0) is 10.1 Å². The Hall–Kier alpha value is -0.910. The summed E-state index contributed by atoms with van der Waals surface area (Å²) in [6, 6.07) is 0. The minimum absolute atomic E-state index is 0.0681. The fourth-order valence-corrected chi connectivity index (χ4v) is 2.26. The zero-order valence-electron chi connectivity index (χ0n) is 11.4. The molecule has 0 rings (SSSR count). The van der Waals surface area contributed by atoms with E-state index in [1.54, 1.807) is 18.6 Å². The highest BCUT2D eigenvalue weighted by molar-refractivity contribution is 7.85. The van der Waals surface area contributed by atoms with E-state index in [9.17, 15) is 13.0 Å². The predicted molar refractivity (Wildman–Crippen MR) is 73.1 cm³/mol. The summed E-state index contributed by atoms with van der Waals surface area (Å²) >= 11 is 0. The molecule has 5 heteroatoms. The molecule has 0 atom stereocenters. The molecule has 0 unspecified atom stereocenters. The number of allylic oxidation sites excluding steroid dienone is 3. The summed E-state index contributed by atoms with van der Waals surface area (Å²) in [6.45, 7) is 5.89. The lowest BCUT2D eigenvalue weighted by molar-refractivity contribution is -0.760. The lowest BCUT2D eigenvalue weighted by Gasteiger charge is -2.27. The zero-order chi connectivity index (χ0) is 14.1. The summed E-state index contributed by atoms with van der Waals surface area (Å²) in [6.07, 6.45) is 13.2. The molecular weight excluding hydrogens is 250 g/mol. The Bertz CT molecular complexity index is 372.